The highest BCUT2D eigenvalue weighted by Gasteiger charge is 2.52. The van der Waals surface area contributed by atoms with Gasteiger partial charge in [0, 0.05) is 43.4 Å². The van der Waals surface area contributed by atoms with Gasteiger partial charge in [-0.3, -0.25) is 9.59 Å². The zero-order chi connectivity index (χ0) is 29.3. The topological polar surface area (TPSA) is 181 Å². The van der Waals surface area contributed by atoms with Crippen molar-refractivity contribution in [3.05, 3.63) is 51.6 Å². The number of aromatic hydroxyl groups is 2. The van der Waals surface area contributed by atoms with E-state index < -0.39 is 71.6 Å². The van der Waals surface area contributed by atoms with E-state index in [1.807, 2.05) is 0 Å². The molecular formula is C28H32O12. The van der Waals surface area contributed by atoms with E-state index in [9.17, 15) is 35.1 Å². The highest BCUT2D eigenvalue weighted by molar-refractivity contribution is 6.30. The summed E-state index contributed by atoms with van der Waals surface area (Å²) < 4.78 is 28.1. The Labute approximate surface area is 229 Å². The minimum Gasteiger partial charge on any atom is -0.507 e. The molecule has 0 bridgehead atoms. The third kappa shape index (κ3) is 4.18. The third-order valence-corrected chi connectivity index (χ3v) is 8.01. The van der Waals surface area contributed by atoms with Gasteiger partial charge in [-0.25, -0.2) is 0 Å². The van der Waals surface area contributed by atoms with E-state index in [0.29, 0.717) is 5.56 Å². The van der Waals surface area contributed by atoms with Gasteiger partial charge in [0.05, 0.1) is 29.9 Å². The van der Waals surface area contributed by atoms with Crippen molar-refractivity contribution in [3.8, 4) is 17.2 Å². The van der Waals surface area contributed by atoms with Gasteiger partial charge in [-0.15, -0.1) is 0 Å². The van der Waals surface area contributed by atoms with Crippen molar-refractivity contribution < 1.29 is 58.8 Å². The molecule has 0 spiro atoms. The van der Waals surface area contributed by atoms with Gasteiger partial charge in [-0.2, -0.15) is 0 Å². The van der Waals surface area contributed by atoms with Gasteiger partial charge < -0.3 is 49.2 Å². The van der Waals surface area contributed by atoms with Crippen molar-refractivity contribution in [1.82, 2.24) is 0 Å². The number of rotatable bonds is 5. The van der Waals surface area contributed by atoms with E-state index in [1.165, 1.54) is 53.4 Å². The molecule has 0 amide bonds. The molecule has 216 valence electrons. The van der Waals surface area contributed by atoms with Crippen LogP contribution in [0.15, 0.2) is 18.2 Å². The van der Waals surface area contributed by atoms with E-state index in [1.54, 1.807) is 0 Å². The van der Waals surface area contributed by atoms with Gasteiger partial charge in [0.15, 0.2) is 12.1 Å². The maximum Gasteiger partial charge on any atom is 0.201 e. The Balaban J connectivity index is 1.67. The first kappa shape index (κ1) is 28.4. The van der Waals surface area contributed by atoms with Crippen molar-refractivity contribution >= 4 is 11.6 Å². The number of fused-ring (bicyclic) bond motifs is 3. The zero-order valence-corrected chi connectivity index (χ0v) is 22.6. The van der Waals surface area contributed by atoms with E-state index >= 15 is 0 Å². The van der Waals surface area contributed by atoms with Crippen molar-refractivity contribution in [1.29, 1.82) is 0 Å². The second-order valence-corrected chi connectivity index (χ2v) is 10.6. The largest absolute Gasteiger partial charge is 0.507 e. The number of carbonyl (C=O) groups is 2. The van der Waals surface area contributed by atoms with Crippen molar-refractivity contribution in [2.24, 2.45) is 0 Å². The summed E-state index contributed by atoms with van der Waals surface area (Å²) in [5, 5.41) is 54.4. The molecule has 1 heterocycles. The second-order valence-electron chi connectivity index (χ2n) is 10.6. The van der Waals surface area contributed by atoms with Gasteiger partial charge in [0.25, 0.3) is 0 Å². The Hall–Kier alpha value is -3.10. The van der Waals surface area contributed by atoms with Crippen LogP contribution in [0.1, 0.15) is 62.9 Å². The lowest BCUT2D eigenvalue weighted by Crippen LogP contribution is -2.59. The standard InChI is InChI=1S/C28H32O12/c1-10-19(30)23(34)25(37-4)27(39-10)40-24-16-11(9-28(2,35)26(24)38-5)6-13-18(21(16)32)22(33)17-14(20(13)31)7-12(36-3)8-15(17)29/h6-8,10,19,23-27,29-30,32,34-35H,9H2,1-5H3/t10-,19-,23-,24?,25-,26?,27+,28?/m1/s1. The molecule has 8 atom stereocenters. The Morgan fingerprint density at radius 3 is 2.25 bits per heavy atom. The lowest BCUT2D eigenvalue weighted by Gasteiger charge is -2.47. The number of ketones is 2. The number of benzene rings is 2. The molecule has 5 rings (SSSR count). The van der Waals surface area contributed by atoms with Crippen LogP contribution in [0.3, 0.4) is 0 Å². The number of phenols is 2. The highest BCUT2D eigenvalue weighted by atomic mass is 16.7. The fourth-order valence-electron chi connectivity index (χ4n) is 6.01. The predicted octanol–water partition coefficient (Wildman–Crippen LogP) is 0.743. The number of methoxy groups -OCH3 is 3. The fourth-order valence-corrected chi connectivity index (χ4v) is 6.01. The van der Waals surface area contributed by atoms with Gasteiger partial charge >= 0.3 is 0 Å². The second kappa shape index (κ2) is 10.1. The van der Waals surface area contributed by atoms with Crippen LogP contribution >= 0.6 is 0 Å². The van der Waals surface area contributed by atoms with E-state index in [2.05, 4.69) is 0 Å². The van der Waals surface area contributed by atoms with Crippen LogP contribution in [-0.2, 0) is 25.4 Å². The fraction of sp³-hybridized carbons (Fsp3) is 0.500. The lowest BCUT2D eigenvalue weighted by atomic mass is 9.73. The molecule has 2 aromatic rings. The van der Waals surface area contributed by atoms with Gasteiger partial charge in [0.1, 0.15) is 47.8 Å². The summed E-state index contributed by atoms with van der Waals surface area (Å²) in [7, 11) is 3.99. The van der Waals surface area contributed by atoms with E-state index in [-0.39, 0.29) is 40.0 Å². The Bertz CT molecular complexity index is 1370. The van der Waals surface area contributed by atoms with E-state index in [0.717, 1.165) is 0 Å². The summed E-state index contributed by atoms with van der Waals surface area (Å²) in [4.78, 5) is 27.2. The third-order valence-electron chi connectivity index (χ3n) is 8.01. The van der Waals surface area contributed by atoms with Crippen molar-refractivity contribution in [2.75, 3.05) is 21.3 Å². The van der Waals surface area contributed by atoms with Crippen LogP contribution in [0.2, 0.25) is 0 Å². The van der Waals surface area contributed by atoms with Crippen LogP contribution in [-0.4, -0.2) is 101 Å². The first-order chi connectivity index (χ1) is 18.9. The quantitative estimate of drug-likeness (QED) is 0.296. The average Bonchev–Trinajstić information content (AvgIpc) is 2.89. The average molecular weight is 561 g/mol. The number of hydrogen-bond donors (Lipinski definition) is 5. The molecule has 3 aliphatic rings. The Morgan fingerprint density at radius 2 is 1.62 bits per heavy atom. The van der Waals surface area contributed by atoms with Crippen LogP contribution in [0, 0.1) is 0 Å². The molecular weight excluding hydrogens is 528 g/mol. The zero-order valence-electron chi connectivity index (χ0n) is 22.6. The van der Waals surface area contributed by atoms with Gasteiger partial charge in [0.2, 0.25) is 5.78 Å². The first-order valence-electron chi connectivity index (χ1n) is 12.7. The Kier molecular flexibility index (Phi) is 7.16. The SMILES string of the molecule is COc1cc(O)c2c(c1)C(=O)c1cc3c(c(O)c1C2=O)C(O[C@@H]1O[C@H](C)[C@@H](O)[C@@H](O)[C@H]1OC)C(OC)C(C)(O)C3. The minimum atomic E-state index is -1.57. The summed E-state index contributed by atoms with van der Waals surface area (Å²) in [6.45, 7) is 3.03. The number of hydrogen-bond acceptors (Lipinski definition) is 12. The van der Waals surface area contributed by atoms with Crippen LogP contribution in [0.4, 0.5) is 0 Å². The van der Waals surface area contributed by atoms with Crippen molar-refractivity contribution in [3.63, 3.8) is 0 Å². The molecule has 2 aromatic carbocycles. The molecule has 0 aromatic heterocycles. The summed E-state index contributed by atoms with van der Waals surface area (Å²) in [6, 6.07) is 3.95. The normalized spacial score (nSPS) is 33.2. The smallest absolute Gasteiger partial charge is 0.201 e. The van der Waals surface area contributed by atoms with E-state index in [4.69, 9.17) is 23.7 Å². The summed E-state index contributed by atoms with van der Waals surface area (Å²) in [5.41, 5.74) is -2.00. The summed E-state index contributed by atoms with van der Waals surface area (Å²) in [5.74, 6) is -2.30. The van der Waals surface area contributed by atoms with Gasteiger partial charge in [-0.05, 0) is 31.5 Å². The first-order valence-corrected chi connectivity index (χ1v) is 12.7. The Morgan fingerprint density at radius 1 is 0.950 bits per heavy atom. The van der Waals surface area contributed by atoms with Gasteiger partial charge in [-0.1, -0.05) is 0 Å². The maximum absolute atomic E-state index is 13.6. The molecule has 3 unspecified atom stereocenters. The molecule has 0 saturated carbocycles. The molecule has 5 N–H and O–H groups in total. The number of phenolic OH excluding ortho intramolecular Hbond substituents is 2. The molecule has 40 heavy (non-hydrogen) atoms. The summed E-state index contributed by atoms with van der Waals surface area (Å²) >= 11 is 0. The minimum absolute atomic E-state index is 0.0708. The number of aliphatic hydroxyl groups excluding tert-OH is 2. The van der Waals surface area contributed by atoms with Crippen LogP contribution < -0.4 is 4.74 Å². The predicted molar refractivity (Wildman–Crippen MR) is 136 cm³/mol. The molecule has 0 radical (unpaired) electrons. The lowest BCUT2D eigenvalue weighted by molar-refractivity contribution is -0.323. The summed E-state index contributed by atoms with van der Waals surface area (Å²) in [6.07, 6.45) is -8.39. The monoisotopic (exact) mass is 560 g/mol. The molecule has 2 aliphatic carbocycles. The number of ether oxygens (including phenoxy) is 5. The van der Waals surface area contributed by atoms with Crippen LogP contribution in [0.5, 0.6) is 17.2 Å². The molecule has 1 saturated heterocycles. The molecule has 12 heteroatoms. The highest BCUT2D eigenvalue weighted by Crippen LogP contribution is 2.49. The molecule has 1 fully saturated rings. The maximum atomic E-state index is 13.6. The number of carbonyl (C=O) groups excluding carboxylic acids is 2. The molecule has 12 nitrogen and oxygen atoms in total. The van der Waals surface area contributed by atoms with Crippen LogP contribution in [0.25, 0.3) is 0 Å². The van der Waals surface area contributed by atoms with Crippen molar-refractivity contribution in [2.45, 2.75) is 68.8 Å². The number of aliphatic hydroxyl groups is 3. The molecule has 1 aliphatic heterocycles.